The molecular weight excluding hydrogens is 893 g/mol. The van der Waals surface area contributed by atoms with E-state index < -0.39 is 0 Å². The van der Waals surface area contributed by atoms with Gasteiger partial charge >= 0.3 is 0 Å². The number of hydrogen-bond donors (Lipinski definition) is 0. The summed E-state index contributed by atoms with van der Waals surface area (Å²) in [7, 11) is 0. The van der Waals surface area contributed by atoms with Gasteiger partial charge in [-0.05, 0) is 162 Å². The summed E-state index contributed by atoms with van der Waals surface area (Å²) in [5.41, 5.74) is 26.2. The summed E-state index contributed by atoms with van der Waals surface area (Å²) >= 11 is 0. The molecule has 11 aromatic rings. The van der Waals surface area contributed by atoms with Gasteiger partial charge in [0.05, 0.1) is 0 Å². The van der Waals surface area contributed by atoms with Crippen molar-refractivity contribution in [1.29, 1.82) is 0 Å². The third-order valence-corrected chi connectivity index (χ3v) is 15.8. The molecular formula is C72H56N2. The van der Waals surface area contributed by atoms with Gasteiger partial charge in [-0.3, -0.25) is 0 Å². The Balaban J connectivity index is 1.05. The van der Waals surface area contributed by atoms with E-state index in [0.29, 0.717) is 0 Å². The molecule has 0 saturated heterocycles. The normalized spacial score (nSPS) is 13.4. The Bertz CT molecular complexity index is 3660. The lowest BCUT2D eigenvalue weighted by Gasteiger charge is -2.32. The quantitative estimate of drug-likeness (QED) is 0.135. The van der Waals surface area contributed by atoms with Crippen molar-refractivity contribution in [3.05, 3.63) is 289 Å². The molecule has 0 spiro atoms. The van der Waals surface area contributed by atoms with Gasteiger partial charge in [0.1, 0.15) is 0 Å². The Hall–Kier alpha value is -8.98. The van der Waals surface area contributed by atoms with Crippen molar-refractivity contribution >= 4 is 34.1 Å². The van der Waals surface area contributed by atoms with Crippen molar-refractivity contribution in [1.82, 2.24) is 0 Å². The van der Waals surface area contributed by atoms with E-state index in [1.807, 2.05) is 0 Å². The average Bonchev–Trinajstić information content (AvgIpc) is 3.85. The highest BCUT2D eigenvalue weighted by atomic mass is 15.2. The van der Waals surface area contributed by atoms with Crippen LogP contribution in [0.2, 0.25) is 0 Å². The number of para-hydroxylation sites is 2. The first kappa shape index (κ1) is 44.9. The van der Waals surface area contributed by atoms with Crippen molar-refractivity contribution in [2.75, 3.05) is 9.80 Å². The van der Waals surface area contributed by atoms with Gasteiger partial charge in [0.15, 0.2) is 0 Å². The van der Waals surface area contributed by atoms with Crippen molar-refractivity contribution in [2.45, 2.75) is 38.5 Å². The third kappa shape index (κ3) is 7.56. The first-order valence-corrected chi connectivity index (χ1v) is 25.9. The van der Waals surface area contributed by atoms with Crippen LogP contribution in [0, 0.1) is 0 Å². The van der Waals surface area contributed by atoms with Crippen LogP contribution in [0.25, 0.3) is 66.8 Å². The van der Waals surface area contributed by atoms with Gasteiger partial charge in [-0.2, -0.15) is 0 Å². The highest BCUT2D eigenvalue weighted by molar-refractivity contribution is 5.97. The Morgan fingerprint density at radius 3 is 1.05 bits per heavy atom. The Morgan fingerprint density at radius 1 is 0.216 bits per heavy atom. The molecule has 0 heterocycles. The van der Waals surface area contributed by atoms with E-state index in [1.165, 1.54) is 72.3 Å². The smallest absolute Gasteiger partial charge is 0.0488 e. The molecule has 0 radical (unpaired) electrons. The number of hydrogen-bond acceptors (Lipinski definition) is 2. The molecule has 74 heavy (non-hydrogen) atoms. The largest absolute Gasteiger partial charge is 0.310 e. The number of fused-ring (bicyclic) bond motifs is 6. The van der Waals surface area contributed by atoms with E-state index in [1.54, 1.807) is 0 Å². The van der Waals surface area contributed by atoms with Crippen LogP contribution in [0.15, 0.2) is 267 Å². The number of nitrogens with zero attached hydrogens (tertiary/aromatic N) is 2. The van der Waals surface area contributed by atoms with Crippen LogP contribution in [0.5, 0.6) is 0 Å². The maximum absolute atomic E-state index is 2.46. The fourth-order valence-corrected chi connectivity index (χ4v) is 12.2. The minimum absolute atomic E-state index is 0.169. The zero-order valence-electron chi connectivity index (χ0n) is 42.3. The van der Waals surface area contributed by atoms with Crippen LogP contribution in [-0.2, 0) is 10.8 Å². The fraction of sp³-hybridized carbons (Fsp3) is 0.0833. The zero-order chi connectivity index (χ0) is 50.0. The maximum atomic E-state index is 2.46. The van der Waals surface area contributed by atoms with E-state index in [2.05, 4.69) is 304 Å². The minimum atomic E-state index is -0.169. The van der Waals surface area contributed by atoms with Crippen molar-refractivity contribution < 1.29 is 0 Å². The Labute approximate surface area is 436 Å². The van der Waals surface area contributed by atoms with Crippen LogP contribution in [0.4, 0.5) is 34.1 Å². The molecule has 0 atom stereocenters. The van der Waals surface area contributed by atoms with Crippen molar-refractivity contribution in [3.8, 4) is 66.8 Å². The molecule has 2 aliphatic rings. The molecule has 0 fully saturated rings. The molecule has 0 aromatic heterocycles. The summed E-state index contributed by atoms with van der Waals surface area (Å²) < 4.78 is 0. The second-order valence-electron chi connectivity index (χ2n) is 20.9. The Kier molecular flexibility index (Phi) is 10.9. The lowest BCUT2D eigenvalue weighted by Crippen LogP contribution is -2.17. The van der Waals surface area contributed by atoms with Crippen molar-refractivity contribution in [2.24, 2.45) is 0 Å². The molecule has 2 aliphatic carbocycles. The molecule has 2 heteroatoms. The minimum Gasteiger partial charge on any atom is -0.310 e. The topological polar surface area (TPSA) is 6.48 Å². The molecule has 0 saturated carbocycles. The molecule has 2 nitrogen and oxygen atoms in total. The first-order chi connectivity index (χ1) is 36.2. The van der Waals surface area contributed by atoms with Gasteiger partial charge in [0, 0.05) is 45.0 Å². The summed E-state index contributed by atoms with van der Waals surface area (Å²) in [4.78, 5) is 4.92. The van der Waals surface area contributed by atoms with Gasteiger partial charge < -0.3 is 9.80 Å². The summed E-state index contributed by atoms with van der Waals surface area (Å²) in [5.74, 6) is 0. The molecule has 0 amide bonds. The lowest BCUT2D eigenvalue weighted by molar-refractivity contribution is 0.660. The molecule has 13 rings (SSSR count). The third-order valence-electron chi connectivity index (χ3n) is 15.8. The SMILES string of the molecule is CC1(C)c2ccccc2-c2ccc(N(c3ccccc3)c3cc(-c4cccc(-c5c(-c6ccccc6)cccc5-c5ccccc5)c4)cc(N(c4ccccc4)c4ccc5c(c4)C(C)(C)c4ccccc4-5)c3)cc21. The standard InChI is InChI=1S/C72H56N2/c1-71(2)66-37-19-17-33-62(66)64-41-39-56(47-68(64)71)73(54-29-13-7-14-30-54)58-44-53(51-27-21-28-52(43-51)70-60(49-23-9-5-10-24-49)35-22-36-61(70)50-25-11-6-12-26-50)45-59(46-58)74(55-31-15-8-16-32-55)57-40-42-65-63-34-18-20-38-67(63)72(3,4)69(65)48-57/h5-48H,1-4H3. The predicted octanol–water partition coefficient (Wildman–Crippen LogP) is 19.9. The summed E-state index contributed by atoms with van der Waals surface area (Å²) in [5, 5.41) is 0. The van der Waals surface area contributed by atoms with Crippen LogP contribution in [0.3, 0.4) is 0 Å². The maximum Gasteiger partial charge on any atom is 0.0488 e. The summed E-state index contributed by atoms with van der Waals surface area (Å²) in [6.07, 6.45) is 0. The number of benzene rings is 11. The second kappa shape index (κ2) is 17.9. The summed E-state index contributed by atoms with van der Waals surface area (Å²) in [6, 6.07) is 98.6. The summed E-state index contributed by atoms with van der Waals surface area (Å²) in [6.45, 7) is 9.47. The van der Waals surface area contributed by atoms with Crippen LogP contribution >= 0.6 is 0 Å². The van der Waals surface area contributed by atoms with Crippen LogP contribution < -0.4 is 9.80 Å². The average molecular weight is 949 g/mol. The highest BCUT2D eigenvalue weighted by Gasteiger charge is 2.37. The fourth-order valence-electron chi connectivity index (χ4n) is 12.2. The van der Waals surface area contributed by atoms with E-state index in [4.69, 9.17) is 0 Å². The molecule has 0 bridgehead atoms. The van der Waals surface area contributed by atoms with Crippen LogP contribution in [-0.4, -0.2) is 0 Å². The molecule has 354 valence electrons. The molecule has 0 N–H and O–H groups in total. The van der Waals surface area contributed by atoms with E-state index in [0.717, 1.165) is 50.8 Å². The van der Waals surface area contributed by atoms with Crippen LogP contribution in [0.1, 0.15) is 49.9 Å². The molecule has 11 aromatic carbocycles. The van der Waals surface area contributed by atoms with Gasteiger partial charge in [-0.25, -0.2) is 0 Å². The van der Waals surface area contributed by atoms with Crippen molar-refractivity contribution in [3.63, 3.8) is 0 Å². The predicted molar refractivity (Wildman–Crippen MR) is 313 cm³/mol. The molecule has 0 unspecified atom stereocenters. The number of anilines is 6. The van der Waals surface area contributed by atoms with Gasteiger partial charge in [0.2, 0.25) is 0 Å². The highest BCUT2D eigenvalue weighted by Crippen LogP contribution is 2.54. The zero-order valence-corrected chi connectivity index (χ0v) is 42.3. The Morgan fingerprint density at radius 2 is 0.581 bits per heavy atom. The van der Waals surface area contributed by atoms with Gasteiger partial charge in [-0.15, -0.1) is 0 Å². The van der Waals surface area contributed by atoms with E-state index >= 15 is 0 Å². The lowest BCUT2D eigenvalue weighted by atomic mass is 9.82. The monoisotopic (exact) mass is 948 g/mol. The van der Waals surface area contributed by atoms with Gasteiger partial charge in [0.25, 0.3) is 0 Å². The first-order valence-electron chi connectivity index (χ1n) is 25.9. The second-order valence-corrected chi connectivity index (χ2v) is 20.9. The number of rotatable bonds is 10. The van der Waals surface area contributed by atoms with E-state index in [9.17, 15) is 0 Å². The van der Waals surface area contributed by atoms with E-state index in [-0.39, 0.29) is 10.8 Å². The molecule has 0 aliphatic heterocycles. The van der Waals surface area contributed by atoms with Gasteiger partial charge in [-0.1, -0.05) is 222 Å².